The Labute approximate surface area is 200 Å². The molecule has 8 heteroatoms. The molecule has 0 aliphatic heterocycles. The van der Waals surface area contributed by atoms with Crippen LogP contribution in [0.1, 0.15) is 44.7 Å². The van der Waals surface area contributed by atoms with Crippen molar-refractivity contribution in [1.82, 2.24) is 5.32 Å². The zero-order valence-corrected chi connectivity index (χ0v) is 20.0. The average Bonchev–Trinajstić information content (AvgIpc) is 2.79. The maximum absolute atomic E-state index is 12.7. The summed E-state index contributed by atoms with van der Waals surface area (Å²) < 4.78 is 10.7. The maximum atomic E-state index is 12.7. The number of alkyl carbamates (subject to hydrolysis) is 1. The minimum absolute atomic E-state index is 0.100. The molecule has 1 unspecified atom stereocenters. The second kappa shape index (κ2) is 13.5. The number of benzene rings is 2. The fourth-order valence-electron chi connectivity index (χ4n) is 2.75. The van der Waals surface area contributed by atoms with Gasteiger partial charge in [0.2, 0.25) is 0 Å². The van der Waals surface area contributed by atoms with E-state index in [2.05, 4.69) is 10.5 Å². The molecule has 0 aliphatic rings. The van der Waals surface area contributed by atoms with Gasteiger partial charge < -0.3 is 19.6 Å². The number of esters is 1. The van der Waals surface area contributed by atoms with E-state index in [0.717, 1.165) is 11.1 Å². The lowest BCUT2D eigenvalue weighted by Gasteiger charge is -2.23. The molecule has 2 aromatic rings. The standard InChI is InChI=1S/C25H31ClN2O5/c1-25(2,3)33-24(30)27-22(23(29)31-17-19-10-6-4-7-11-19)15-14-21(16-26)28-32-18-20-12-8-5-9-13-20/h4-13,22H,14-18H2,1-3H3,(H,27,30)/b28-21-. The van der Waals surface area contributed by atoms with Crippen LogP contribution >= 0.6 is 11.6 Å². The third-order valence-electron chi connectivity index (χ3n) is 4.34. The molecule has 2 aromatic carbocycles. The van der Waals surface area contributed by atoms with E-state index in [-0.39, 0.29) is 18.9 Å². The van der Waals surface area contributed by atoms with Crippen LogP contribution in [0.2, 0.25) is 0 Å². The topological polar surface area (TPSA) is 86.2 Å². The predicted molar refractivity (Wildman–Crippen MR) is 128 cm³/mol. The first-order valence-electron chi connectivity index (χ1n) is 10.7. The number of halogens is 1. The van der Waals surface area contributed by atoms with Crippen LogP contribution in [0.15, 0.2) is 65.8 Å². The van der Waals surface area contributed by atoms with E-state index in [9.17, 15) is 9.59 Å². The molecule has 2 rings (SSSR count). The molecule has 0 heterocycles. The molecule has 7 nitrogen and oxygen atoms in total. The van der Waals surface area contributed by atoms with Crippen LogP contribution < -0.4 is 5.32 Å². The molecule has 0 aliphatic carbocycles. The summed E-state index contributed by atoms with van der Waals surface area (Å²) in [5.41, 5.74) is 1.68. The second-order valence-corrected chi connectivity index (χ2v) is 8.65. The van der Waals surface area contributed by atoms with Crippen molar-refractivity contribution in [2.24, 2.45) is 5.16 Å². The molecule has 1 amide bonds. The van der Waals surface area contributed by atoms with Gasteiger partial charge in [0.05, 0.1) is 11.6 Å². The first-order chi connectivity index (χ1) is 15.8. The van der Waals surface area contributed by atoms with Crippen molar-refractivity contribution in [1.29, 1.82) is 0 Å². The highest BCUT2D eigenvalue weighted by Crippen LogP contribution is 2.11. The molecule has 1 atom stereocenters. The van der Waals surface area contributed by atoms with Crippen LogP contribution in [0.3, 0.4) is 0 Å². The third kappa shape index (κ3) is 10.9. The number of rotatable bonds is 11. The van der Waals surface area contributed by atoms with Gasteiger partial charge in [-0.2, -0.15) is 0 Å². The highest BCUT2D eigenvalue weighted by molar-refractivity contribution is 6.28. The summed E-state index contributed by atoms with van der Waals surface area (Å²) in [6.07, 6.45) is -0.138. The number of alkyl halides is 1. The molecular weight excluding hydrogens is 444 g/mol. The Balaban J connectivity index is 1.97. The first-order valence-corrected chi connectivity index (χ1v) is 11.3. The molecule has 0 radical (unpaired) electrons. The van der Waals surface area contributed by atoms with Crippen molar-refractivity contribution in [3.8, 4) is 0 Å². The Hall–Kier alpha value is -3.06. The van der Waals surface area contributed by atoms with Gasteiger partial charge in [0.15, 0.2) is 0 Å². The molecule has 0 aromatic heterocycles. The van der Waals surface area contributed by atoms with Crippen molar-refractivity contribution in [3.05, 3.63) is 71.8 Å². The van der Waals surface area contributed by atoms with Gasteiger partial charge in [-0.05, 0) is 44.7 Å². The molecule has 0 saturated carbocycles. The molecule has 0 saturated heterocycles. The van der Waals surface area contributed by atoms with Gasteiger partial charge in [-0.1, -0.05) is 65.8 Å². The van der Waals surface area contributed by atoms with Gasteiger partial charge in [0.25, 0.3) is 0 Å². The number of carbonyl (C=O) groups excluding carboxylic acids is 2. The Morgan fingerprint density at radius 2 is 1.55 bits per heavy atom. The average molecular weight is 475 g/mol. The highest BCUT2D eigenvalue weighted by Gasteiger charge is 2.26. The number of nitrogens with one attached hydrogen (secondary N) is 1. The number of oxime groups is 1. The number of nitrogens with zero attached hydrogens (tertiary/aromatic N) is 1. The van der Waals surface area contributed by atoms with E-state index >= 15 is 0 Å². The zero-order chi connectivity index (χ0) is 24.1. The van der Waals surface area contributed by atoms with E-state index in [1.165, 1.54) is 0 Å². The molecule has 33 heavy (non-hydrogen) atoms. The third-order valence-corrected chi connectivity index (χ3v) is 4.65. The SMILES string of the molecule is CC(C)(C)OC(=O)NC(CC/C(CCl)=N/OCc1ccccc1)C(=O)OCc1ccccc1. The number of ether oxygens (including phenoxy) is 2. The van der Waals surface area contributed by atoms with E-state index in [1.807, 2.05) is 60.7 Å². The van der Waals surface area contributed by atoms with E-state index in [1.54, 1.807) is 20.8 Å². The van der Waals surface area contributed by atoms with Crippen LogP contribution in [0.25, 0.3) is 0 Å². The van der Waals surface area contributed by atoms with Crippen LogP contribution in [-0.4, -0.2) is 35.3 Å². The summed E-state index contributed by atoms with van der Waals surface area (Å²) in [6, 6.07) is 18.0. The summed E-state index contributed by atoms with van der Waals surface area (Å²) in [6.45, 7) is 5.65. The molecule has 1 N–H and O–H groups in total. The molecule has 178 valence electrons. The van der Waals surface area contributed by atoms with Crippen LogP contribution in [-0.2, 0) is 32.3 Å². The van der Waals surface area contributed by atoms with Crippen molar-refractivity contribution >= 4 is 29.4 Å². The molecule has 0 fully saturated rings. The van der Waals surface area contributed by atoms with Crippen molar-refractivity contribution < 1.29 is 23.9 Å². The van der Waals surface area contributed by atoms with Gasteiger partial charge in [0, 0.05) is 0 Å². The summed E-state index contributed by atoms with van der Waals surface area (Å²) in [7, 11) is 0. The largest absolute Gasteiger partial charge is 0.459 e. The Morgan fingerprint density at radius 1 is 0.970 bits per heavy atom. The summed E-state index contributed by atoms with van der Waals surface area (Å²) in [5, 5.41) is 6.69. The van der Waals surface area contributed by atoms with Crippen LogP contribution in [0.5, 0.6) is 0 Å². The van der Waals surface area contributed by atoms with Crippen LogP contribution in [0.4, 0.5) is 4.79 Å². The Kier molecular flexibility index (Phi) is 10.7. The Bertz CT molecular complexity index is 898. The number of carbonyl (C=O) groups is 2. The minimum atomic E-state index is -0.925. The lowest BCUT2D eigenvalue weighted by Crippen LogP contribution is -2.44. The van der Waals surface area contributed by atoms with Crippen molar-refractivity contribution in [3.63, 3.8) is 0 Å². The number of hydrogen-bond donors (Lipinski definition) is 1. The van der Waals surface area contributed by atoms with Gasteiger partial charge in [-0.3, -0.25) is 0 Å². The minimum Gasteiger partial charge on any atom is -0.459 e. The van der Waals surface area contributed by atoms with Crippen LogP contribution in [0, 0.1) is 0 Å². The fourth-order valence-corrected chi connectivity index (χ4v) is 2.93. The lowest BCUT2D eigenvalue weighted by atomic mass is 10.1. The summed E-state index contributed by atoms with van der Waals surface area (Å²) >= 11 is 6.01. The van der Waals surface area contributed by atoms with Crippen molar-refractivity contribution in [2.45, 2.75) is 58.5 Å². The van der Waals surface area contributed by atoms with E-state index in [4.69, 9.17) is 25.9 Å². The maximum Gasteiger partial charge on any atom is 0.408 e. The van der Waals surface area contributed by atoms with Gasteiger partial charge >= 0.3 is 12.1 Å². The van der Waals surface area contributed by atoms with Gasteiger partial charge in [0.1, 0.15) is 24.9 Å². The molecule has 0 spiro atoms. The molecular formula is C25H31ClN2O5. The zero-order valence-electron chi connectivity index (χ0n) is 19.3. The number of hydrogen-bond acceptors (Lipinski definition) is 6. The monoisotopic (exact) mass is 474 g/mol. The number of amides is 1. The fraction of sp³-hybridized carbons (Fsp3) is 0.400. The van der Waals surface area contributed by atoms with Gasteiger partial charge in [-0.15, -0.1) is 11.6 Å². The normalized spacial score (nSPS) is 12.5. The second-order valence-electron chi connectivity index (χ2n) is 8.38. The summed E-state index contributed by atoms with van der Waals surface area (Å²) in [5.74, 6) is -0.434. The summed E-state index contributed by atoms with van der Waals surface area (Å²) in [4.78, 5) is 30.4. The van der Waals surface area contributed by atoms with E-state index in [0.29, 0.717) is 18.7 Å². The Morgan fingerprint density at radius 3 is 2.09 bits per heavy atom. The van der Waals surface area contributed by atoms with E-state index < -0.39 is 23.7 Å². The smallest absolute Gasteiger partial charge is 0.408 e. The van der Waals surface area contributed by atoms with Crippen molar-refractivity contribution in [2.75, 3.05) is 5.88 Å². The molecule has 0 bridgehead atoms. The highest BCUT2D eigenvalue weighted by atomic mass is 35.5. The predicted octanol–water partition coefficient (Wildman–Crippen LogP) is 5.21. The van der Waals surface area contributed by atoms with Gasteiger partial charge in [-0.25, -0.2) is 9.59 Å². The quantitative estimate of drug-likeness (QED) is 0.209. The lowest BCUT2D eigenvalue weighted by molar-refractivity contribution is -0.147. The first kappa shape index (κ1) is 26.2.